The molecule has 0 aliphatic heterocycles. The fraction of sp³-hybridized carbons (Fsp3) is 0.292. The second-order valence-corrected chi connectivity index (χ2v) is 9.21. The number of nitrogens with zero attached hydrogens (tertiary/aromatic N) is 2. The third-order valence-electron chi connectivity index (χ3n) is 6.15. The van der Waals surface area contributed by atoms with E-state index in [0.29, 0.717) is 16.2 Å². The molecule has 2 aromatic heterocycles. The van der Waals surface area contributed by atoms with Gasteiger partial charge in [-0.1, -0.05) is 12.1 Å². The van der Waals surface area contributed by atoms with E-state index in [-0.39, 0.29) is 16.3 Å². The Morgan fingerprint density at radius 3 is 2.06 bits per heavy atom. The predicted molar refractivity (Wildman–Crippen MR) is 118 cm³/mol. The number of para-hydroxylation sites is 1. The number of aromatic nitrogens is 1. The SMILES string of the molecule is COc1ccccc1-c1cc(C2=C(c3cc(C#N)n(C)c3C)C(F)(F)C(F)(F)C2(F)F)c(C)s1. The zero-order valence-corrected chi connectivity index (χ0v) is 19.3. The van der Waals surface area contributed by atoms with E-state index >= 15 is 17.6 Å². The monoisotopic (exact) mass is 496 g/mol. The summed E-state index contributed by atoms with van der Waals surface area (Å²) in [5, 5.41) is 9.26. The van der Waals surface area contributed by atoms with E-state index in [4.69, 9.17) is 4.74 Å². The van der Waals surface area contributed by atoms with Crippen LogP contribution in [0.1, 0.15) is 27.4 Å². The van der Waals surface area contributed by atoms with Crippen LogP contribution in [0.5, 0.6) is 5.75 Å². The van der Waals surface area contributed by atoms with Gasteiger partial charge in [0.05, 0.1) is 7.11 Å². The Labute approximate surface area is 195 Å². The third-order valence-corrected chi connectivity index (χ3v) is 7.23. The number of methoxy groups -OCH3 is 1. The number of aryl methyl sites for hydroxylation is 1. The van der Waals surface area contributed by atoms with Crippen molar-refractivity contribution in [2.24, 2.45) is 7.05 Å². The molecule has 10 heteroatoms. The van der Waals surface area contributed by atoms with Gasteiger partial charge >= 0.3 is 17.8 Å². The number of thiophene rings is 1. The van der Waals surface area contributed by atoms with E-state index in [1.807, 2.05) is 0 Å². The van der Waals surface area contributed by atoms with Gasteiger partial charge < -0.3 is 9.30 Å². The van der Waals surface area contributed by atoms with Gasteiger partial charge in [-0.05, 0) is 43.7 Å². The molecule has 0 saturated carbocycles. The summed E-state index contributed by atoms with van der Waals surface area (Å²) < 4.78 is 96.4. The fourth-order valence-electron chi connectivity index (χ4n) is 4.20. The molecule has 0 spiro atoms. The number of benzene rings is 1. The zero-order valence-electron chi connectivity index (χ0n) is 18.4. The first-order chi connectivity index (χ1) is 15.8. The average Bonchev–Trinajstić information content (AvgIpc) is 3.33. The molecule has 4 rings (SSSR count). The van der Waals surface area contributed by atoms with Crippen LogP contribution in [0.3, 0.4) is 0 Å². The smallest absolute Gasteiger partial charge is 0.380 e. The summed E-state index contributed by atoms with van der Waals surface area (Å²) in [4.78, 5) is 0.560. The van der Waals surface area contributed by atoms with Crippen molar-refractivity contribution in [3.8, 4) is 22.3 Å². The lowest BCUT2D eigenvalue weighted by Gasteiger charge is -2.25. The number of rotatable bonds is 4. The lowest BCUT2D eigenvalue weighted by atomic mass is 9.94. The molecule has 0 unspecified atom stereocenters. The van der Waals surface area contributed by atoms with Crippen LogP contribution in [0.2, 0.25) is 0 Å². The second-order valence-electron chi connectivity index (χ2n) is 7.95. The molecule has 3 nitrogen and oxygen atoms in total. The highest BCUT2D eigenvalue weighted by atomic mass is 32.1. The van der Waals surface area contributed by atoms with Crippen molar-refractivity contribution < 1.29 is 31.1 Å². The summed E-state index contributed by atoms with van der Waals surface area (Å²) in [7, 11) is 2.79. The van der Waals surface area contributed by atoms with Crippen molar-refractivity contribution in [2.75, 3.05) is 7.11 Å². The summed E-state index contributed by atoms with van der Waals surface area (Å²) in [6.45, 7) is 2.72. The Morgan fingerprint density at radius 1 is 0.912 bits per heavy atom. The van der Waals surface area contributed by atoms with Crippen LogP contribution in [0.25, 0.3) is 21.6 Å². The molecule has 0 amide bonds. The maximum atomic E-state index is 15.2. The second kappa shape index (κ2) is 7.67. The maximum absolute atomic E-state index is 15.2. The van der Waals surface area contributed by atoms with Crippen molar-refractivity contribution in [3.05, 3.63) is 63.8 Å². The summed E-state index contributed by atoms with van der Waals surface area (Å²) >= 11 is 1.00. The number of hydrogen-bond donors (Lipinski definition) is 0. The van der Waals surface area contributed by atoms with Gasteiger partial charge in [0, 0.05) is 44.8 Å². The van der Waals surface area contributed by atoms with Gasteiger partial charge in [-0.15, -0.1) is 11.3 Å². The summed E-state index contributed by atoms with van der Waals surface area (Å²) in [5.41, 5.74) is -3.43. The molecule has 178 valence electrons. The Morgan fingerprint density at radius 2 is 1.50 bits per heavy atom. The van der Waals surface area contributed by atoms with Crippen molar-refractivity contribution in [1.29, 1.82) is 5.26 Å². The van der Waals surface area contributed by atoms with Crippen LogP contribution in [0.4, 0.5) is 26.3 Å². The van der Waals surface area contributed by atoms with Crippen LogP contribution in [-0.4, -0.2) is 29.4 Å². The minimum atomic E-state index is -5.67. The van der Waals surface area contributed by atoms with Gasteiger partial charge in [-0.25, -0.2) is 0 Å². The molecule has 0 radical (unpaired) electrons. The first-order valence-corrected chi connectivity index (χ1v) is 10.8. The molecular weight excluding hydrogens is 478 g/mol. The average molecular weight is 496 g/mol. The van der Waals surface area contributed by atoms with E-state index < -0.39 is 40.0 Å². The lowest BCUT2D eigenvalue weighted by Crippen LogP contribution is -2.48. The quantitative estimate of drug-likeness (QED) is 0.362. The molecule has 0 atom stereocenters. The van der Waals surface area contributed by atoms with E-state index in [2.05, 4.69) is 0 Å². The molecule has 34 heavy (non-hydrogen) atoms. The minimum Gasteiger partial charge on any atom is -0.496 e. The molecule has 2 heterocycles. The Kier molecular flexibility index (Phi) is 5.40. The number of hydrogen-bond acceptors (Lipinski definition) is 3. The van der Waals surface area contributed by atoms with E-state index in [1.54, 1.807) is 30.3 Å². The highest BCUT2D eigenvalue weighted by Crippen LogP contribution is 2.65. The van der Waals surface area contributed by atoms with Gasteiger partial charge in [0.1, 0.15) is 17.5 Å². The van der Waals surface area contributed by atoms with Crippen molar-refractivity contribution in [2.45, 2.75) is 31.6 Å². The van der Waals surface area contributed by atoms with Crippen LogP contribution in [-0.2, 0) is 7.05 Å². The van der Waals surface area contributed by atoms with E-state index in [0.717, 1.165) is 17.4 Å². The van der Waals surface area contributed by atoms with Crippen LogP contribution >= 0.6 is 11.3 Å². The Bertz CT molecular complexity index is 1380. The number of allylic oxidation sites excluding steroid dienone is 2. The third kappa shape index (κ3) is 3.03. The van der Waals surface area contributed by atoms with Crippen LogP contribution in [0.15, 0.2) is 36.4 Å². The summed E-state index contributed by atoms with van der Waals surface area (Å²) in [5.74, 6) is -15.6. The highest BCUT2D eigenvalue weighted by molar-refractivity contribution is 7.15. The zero-order chi connectivity index (χ0) is 25.2. The molecular formula is C24H18F6N2OS. The normalized spacial score (nSPS) is 18.3. The predicted octanol–water partition coefficient (Wildman–Crippen LogP) is 7.08. The van der Waals surface area contributed by atoms with Gasteiger partial charge in [0.25, 0.3) is 0 Å². The van der Waals surface area contributed by atoms with Gasteiger partial charge in [-0.2, -0.15) is 31.6 Å². The van der Waals surface area contributed by atoms with Gasteiger partial charge in [-0.3, -0.25) is 0 Å². The van der Waals surface area contributed by atoms with Gasteiger partial charge in [0.15, 0.2) is 0 Å². The fourth-order valence-corrected chi connectivity index (χ4v) is 5.26. The number of alkyl halides is 6. The van der Waals surface area contributed by atoms with E-state index in [9.17, 15) is 14.0 Å². The number of nitriles is 1. The molecule has 0 saturated heterocycles. The molecule has 0 bridgehead atoms. The lowest BCUT2D eigenvalue weighted by molar-refractivity contribution is -0.254. The Hall–Kier alpha value is -3.19. The van der Waals surface area contributed by atoms with Crippen molar-refractivity contribution >= 4 is 22.5 Å². The summed E-state index contributed by atoms with van der Waals surface area (Å²) in [6.07, 6.45) is 0. The molecule has 0 fully saturated rings. The first kappa shape index (κ1) is 24.0. The topological polar surface area (TPSA) is 37.9 Å². The molecule has 0 N–H and O–H groups in total. The largest absolute Gasteiger partial charge is 0.496 e. The van der Waals surface area contributed by atoms with Crippen LogP contribution < -0.4 is 4.74 Å². The van der Waals surface area contributed by atoms with Crippen molar-refractivity contribution in [1.82, 2.24) is 4.57 Å². The maximum Gasteiger partial charge on any atom is 0.380 e. The first-order valence-electron chi connectivity index (χ1n) is 10.0. The molecule has 1 aromatic carbocycles. The molecule has 1 aliphatic rings. The molecule has 3 aromatic rings. The van der Waals surface area contributed by atoms with Gasteiger partial charge in [0.2, 0.25) is 0 Å². The standard InChI is InChI=1S/C24H18F6N2OS/c1-12-16(9-14(11-31)32(12)3)20-21(23(27,28)24(29,30)22(20,25)26)17-10-19(34-13(17)2)15-7-5-6-8-18(15)33-4/h5-10H,1-4H3. The summed E-state index contributed by atoms with van der Waals surface area (Å²) in [6, 6.07) is 10.6. The van der Waals surface area contributed by atoms with Crippen LogP contribution in [0, 0.1) is 25.2 Å². The minimum absolute atomic E-state index is 0.00457. The highest BCUT2D eigenvalue weighted by Gasteiger charge is 2.80. The Balaban J connectivity index is 2.07. The van der Waals surface area contributed by atoms with Crippen molar-refractivity contribution in [3.63, 3.8) is 0 Å². The molecule has 1 aliphatic carbocycles. The number of ether oxygens (including phenoxy) is 1. The van der Waals surface area contributed by atoms with E-state index in [1.165, 1.54) is 38.6 Å². The number of halogens is 6.